The highest BCUT2D eigenvalue weighted by Gasteiger charge is 2.48. The van der Waals surface area contributed by atoms with E-state index in [4.69, 9.17) is 0 Å². The summed E-state index contributed by atoms with van der Waals surface area (Å²) in [6.07, 6.45) is 6.74. The molecule has 2 fully saturated rings. The lowest BCUT2D eigenvalue weighted by Gasteiger charge is -2.41. The molecule has 1 aliphatic heterocycles. The molecule has 1 heterocycles. The van der Waals surface area contributed by atoms with E-state index in [1.165, 1.54) is 31.2 Å². The third kappa shape index (κ3) is 3.00. The van der Waals surface area contributed by atoms with Gasteiger partial charge in [-0.1, -0.05) is 44.2 Å². The lowest BCUT2D eigenvalue weighted by atomic mass is 9.63. The molecule has 2 heteroatoms. The number of rotatable bonds is 3. The van der Waals surface area contributed by atoms with E-state index < -0.39 is 0 Å². The number of nitrogens with one attached hydrogen (secondary N) is 1. The molecule has 1 N–H and O–H groups in total. The van der Waals surface area contributed by atoms with Crippen LogP contribution in [-0.4, -0.2) is 11.9 Å². The zero-order chi connectivity index (χ0) is 14.9. The van der Waals surface area contributed by atoms with Crippen LogP contribution in [0.15, 0.2) is 30.3 Å². The molecule has 1 aromatic carbocycles. The molecule has 1 atom stereocenters. The first-order valence-electron chi connectivity index (χ1n) is 8.42. The van der Waals surface area contributed by atoms with Gasteiger partial charge in [0.1, 0.15) is 0 Å². The molecule has 1 unspecified atom stereocenters. The summed E-state index contributed by atoms with van der Waals surface area (Å²) < 4.78 is 0. The van der Waals surface area contributed by atoms with Gasteiger partial charge in [0, 0.05) is 12.5 Å². The number of hydrogen-bond donors (Lipinski definition) is 1. The quantitative estimate of drug-likeness (QED) is 0.895. The van der Waals surface area contributed by atoms with Crippen LogP contribution in [0.5, 0.6) is 0 Å². The normalized spacial score (nSPS) is 32.6. The molecule has 1 spiro atoms. The standard InChI is InChI=1S/C19H27NO/c1-14(2)16-8-10-19(11-9-16)13-18(21)20-17(19)12-15-6-4-3-5-7-15/h3-7,14,16-17H,8-13H2,1-2H3,(H,20,21). The van der Waals surface area contributed by atoms with Gasteiger partial charge in [-0.25, -0.2) is 0 Å². The molecule has 0 radical (unpaired) electrons. The van der Waals surface area contributed by atoms with E-state index in [9.17, 15) is 4.79 Å². The van der Waals surface area contributed by atoms with Crippen LogP contribution >= 0.6 is 0 Å². The highest BCUT2D eigenvalue weighted by Crippen LogP contribution is 2.49. The summed E-state index contributed by atoms with van der Waals surface area (Å²) in [5, 5.41) is 3.27. The van der Waals surface area contributed by atoms with E-state index in [1.807, 2.05) is 0 Å². The van der Waals surface area contributed by atoms with Crippen molar-refractivity contribution < 1.29 is 4.79 Å². The predicted octanol–water partition coefficient (Wildman–Crippen LogP) is 3.95. The minimum absolute atomic E-state index is 0.221. The molecular weight excluding hydrogens is 258 g/mol. The first-order chi connectivity index (χ1) is 10.1. The average molecular weight is 285 g/mol. The minimum atomic E-state index is 0.221. The largest absolute Gasteiger partial charge is 0.352 e. The van der Waals surface area contributed by atoms with Crippen molar-refractivity contribution in [3.05, 3.63) is 35.9 Å². The van der Waals surface area contributed by atoms with Crippen LogP contribution in [0.4, 0.5) is 0 Å². The van der Waals surface area contributed by atoms with Crippen LogP contribution in [0.25, 0.3) is 0 Å². The van der Waals surface area contributed by atoms with E-state index in [-0.39, 0.29) is 11.3 Å². The molecule has 0 bridgehead atoms. The van der Waals surface area contributed by atoms with Crippen molar-refractivity contribution in [2.45, 2.75) is 58.4 Å². The van der Waals surface area contributed by atoms with Crippen molar-refractivity contribution in [2.75, 3.05) is 0 Å². The Bertz CT molecular complexity index is 486. The van der Waals surface area contributed by atoms with E-state index in [1.54, 1.807) is 0 Å². The van der Waals surface area contributed by atoms with Gasteiger partial charge in [0.2, 0.25) is 5.91 Å². The fraction of sp³-hybridized carbons (Fsp3) is 0.632. The summed E-state index contributed by atoms with van der Waals surface area (Å²) in [5.74, 6) is 1.89. The molecule has 1 aromatic rings. The Kier molecular flexibility index (Phi) is 4.05. The topological polar surface area (TPSA) is 29.1 Å². The maximum atomic E-state index is 12.0. The number of hydrogen-bond acceptors (Lipinski definition) is 1. The molecule has 2 nitrogen and oxygen atoms in total. The number of carbonyl (C=O) groups is 1. The van der Waals surface area contributed by atoms with Crippen molar-refractivity contribution in [1.29, 1.82) is 0 Å². The average Bonchev–Trinajstić information content (AvgIpc) is 2.76. The van der Waals surface area contributed by atoms with Gasteiger partial charge in [-0.3, -0.25) is 4.79 Å². The third-order valence-electron chi connectivity index (χ3n) is 5.84. The van der Waals surface area contributed by atoms with Crippen LogP contribution < -0.4 is 5.32 Å². The van der Waals surface area contributed by atoms with Crippen molar-refractivity contribution in [2.24, 2.45) is 17.3 Å². The summed E-state index contributed by atoms with van der Waals surface area (Å²) in [6, 6.07) is 10.9. The number of carbonyl (C=O) groups excluding carboxylic acids is 1. The van der Waals surface area contributed by atoms with Gasteiger partial charge >= 0.3 is 0 Å². The highest BCUT2D eigenvalue weighted by atomic mass is 16.2. The SMILES string of the molecule is CC(C)C1CCC2(CC1)CC(=O)NC2Cc1ccccc1. The van der Waals surface area contributed by atoms with Gasteiger partial charge in [0.25, 0.3) is 0 Å². The van der Waals surface area contributed by atoms with Crippen LogP contribution in [0.3, 0.4) is 0 Å². The number of amides is 1. The Morgan fingerprint density at radius 3 is 2.48 bits per heavy atom. The van der Waals surface area contributed by atoms with Gasteiger partial charge < -0.3 is 5.32 Å². The van der Waals surface area contributed by atoms with E-state index in [2.05, 4.69) is 49.5 Å². The molecule has 0 aromatic heterocycles. The van der Waals surface area contributed by atoms with Crippen molar-refractivity contribution in [3.8, 4) is 0 Å². The molecule has 1 amide bonds. The molecule has 1 saturated carbocycles. The first-order valence-corrected chi connectivity index (χ1v) is 8.42. The van der Waals surface area contributed by atoms with Crippen LogP contribution in [0.2, 0.25) is 0 Å². The van der Waals surface area contributed by atoms with Crippen molar-refractivity contribution >= 4 is 5.91 Å². The smallest absolute Gasteiger partial charge is 0.220 e. The first kappa shape index (κ1) is 14.6. The van der Waals surface area contributed by atoms with Gasteiger partial charge in [-0.05, 0) is 54.9 Å². The molecular formula is C19H27NO. The second-order valence-electron chi connectivity index (χ2n) is 7.43. The maximum absolute atomic E-state index is 12.0. The second-order valence-corrected chi connectivity index (χ2v) is 7.43. The van der Waals surface area contributed by atoms with Crippen molar-refractivity contribution in [3.63, 3.8) is 0 Å². The molecule has 3 rings (SSSR count). The zero-order valence-electron chi connectivity index (χ0n) is 13.3. The van der Waals surface area contributed by atoms with Gasteiger partial charge in [0.05, 0.1) is 0 Å². The molecule has 2 aliphatic rings. The van der Waals surface area contributed by atoms with Crippen LogP contribution in [-0.2, 0) is 11.2 Å². The monoisotopic (exact) mass is 285 g/mol. The summed E-state index contributed by atoms with van der Waals surface area (Å²) in [5.41, 5.74) is 1.56. The van der Waals surface area contributed by atoms with Gasteiger partial charge in [-0.15, -0.1) is 0 Å². The number of benzene rings is 1. The Hall–Kier alpha value is -1.31. The maximum Gasteiger partial charge on any atom is 0.220 e. The minimum Gasteiger partial charge on any atom is -0.352 e. The zero-order valence-corrected chi connectivity index (χ0v) is 13.3. The fourth-order valence-corrected chi connectivity index (χ4v) is 4.37. The Labute approximate surface area is 128 Å². The Balaban J connectivity index is 1.72. The predicted molar refractivity (Wildman–Crippen MR) is 85.9 cm³/mol. The van der Waals surface area contributed by atoms with Gasteiger partial charge in [-0.2, -0.15) is 0 Å². The Morgan fingerprint density at radius 1 is 1.19 bits per heavy atom. The highest BCUT2D eigenvalue weighted by molar-refractivity contribution is 5.80. The summed E-state index contributed by atoms with van der Waals surface area (Å²) >= 11 is 0. The third-order valence-corrected chi connectivity index (χ3v) is 5.84. The molecule has 1 saturated heterocycles. The summed E-state index contributed by atoms with van der Waals surface area (Å²) in [4.78, 5) is 12.0. The van der Waals surface area contributed by atoms with Crippen LogP contribution in [0.1, 0.15) is 51.5 Å². The van der Waals surface area contributed by atoms with Crippen molar-refractivity contribution in [1.82, 2.24) is 5.32 Å². The fourth-order valence-electron chi connectivity index (χ4n) is 4.37. The van der Waals surface area contributed by atoms with E-state index in [0.29, 0.717) is 6.04 Å². The lowest BCUT2D eigenvalue weighted by Crippen LogP contribution is -2.41. The molecule has 21 heavy (non-hydrogen) atoms. The summed E-state index contributed by atoms with van der Waals surface area (Å²) in [7, 11) is 0. The Morgan fingerprint density at radius 2 is 1.86 bits per heavy atom. The van der Waals surface area contributed by atoms with E-state index >= 15 is 0 Å². The van der Waals surface area contributed by atoms with Crippen LogP contribution in [0, 0.1) is 17.3 Å². The molecule has 1 aliphatic carbocycles. The second kappa shape index (κ2) is 5.82. The van der Waals surface area contributed by atoms with Gasteiger partial charge in [0.15, 0.2) is 0 Å². The lowest BCUT2D eigenvalue weighted by molar-refractivity contribution is -0.119. The van der Waals surface area contributed by atoms with E-state index in [0.717, 1.165) is 24.7 Å². The molecule has 114 valence electrons. The summed E-state index contributed by atoms with van der Waals surface area (Å²) in [6.45, 7) is 4.67.